The van der Waals surface area contributed by atoms with E-state index in [0.29, 0.717) is 25.1 Å². The lowest BCUT2D eigenvalue weighted by Crippen LogP contribution is -2.32. The first-order valence-corrected chi connectivity index (χ1v) is 6.56. The first kappa shape index (κ1) is 13.5. The molecule has 2 aromatic rings. The number of aromatic nitrogens is 3. The minimum Gasteiger partial charge on any atom is -0.481 e. The second-order valence-electron chi connectivity index (χ2n) is 5.02. The summed E-state index contributed by atoms with van der Waals surface area (Å²) in [4.78, 5) is 11.5. The maximum atomic E-state index is 11.5. The summed E-state index contributed by atoms with van der Waals surface area (Å²) >= 11 is 0. The fourth-order valence-electron chi connectivity index (χ4n) is 2.34. The first-order valence-electron chi connectivity index (χ1n) is 6.56. The maximum Gasteiger partial charge on any atom is 0.310 e. The average Bonchev–Trinajstić information content (AvgIpc) is 2.77. The summed E-state index contributed by atoms with van der Waals surface area (Å²) in [7, 11) is 0. The molecule has 5 nitrogen and oxygen atoms in total. The van der Waals surface area contributed by atoms with E-state index in [1.807, 2.05) is 43.5 Å². The van der Waals surface area contributed by atoms with Crippen molar-refractivity contribution in [1.82, 2.24) is 14.6 Å². The van der Waals surface area contributed by atoms with E-state index in [1.54, 1.807) is 0 Å². The van der Waals surface area contributed by atoms with Crippen molar-refractivity contribution in [1.29, 1.82) is 0 Å². The largest absolute Gasteiger partial charge is 0.481 e. The lowest BCUT2D eigenvalue weighted by molar-refractivity contribution is -0.149. The molecule has 2 rings (SSSR count). The Labute approximate surface area is 112 Å². The fraction of sp³-hybridized carbons (Fsp3) is 0.500. The van der Waals surface area contributed by atoms with E-state index in [4.69, 9.17) is 0 Å². The summed E-state index contributed by atoms with van der Waals surface area (Å²) in [5, 5.41) is 17.7. The van der Waals surface area contributed by atoms with Gasteiger partial charge in [0.2, 0.25) is 0 Å². The minimum absolute atomic E-state index is 0.402. The monoisotopic (exact) mass is 261 g/mol. The van der Waals surface area contributed by atoms with Gasteiger partial charge in [0.05, 0.1) is 5.41 Å². The van der Waals surface area contributed by atoms with Crippen LogP contribution in [-0.2, 0) is 11.2 Å². The summed E-state index contributed by atoms with van der Waals surface area (Å²) in [6.45, 7) is 5.81. The van der Waals surface area contributed by atoms with Gasteiger partial charge in [-0.1, -0.05) is 13.8 Å². The molecular weight excluding hydrogens is 242 g/mol. The molecule has 0 radical (unpaired) electrons. The van der Waals surface area contributed by atoms with Crippen LogP contribution in [-0.4, -0.2) is 25.7 Å². The molecule has 2 aromatic heterocycles. The van der Waals surface area contributed by atoms with Crippen LogP contribution in [0.2, 0.25) is 0 Å². The molecule has 0 fully saturated rings. The number of carboxylic acids is 1. The van der Waals surface area contributed by atoms with E-state index in [9.17, 15) is 9.90 Å². The molecule has 0 spiro atoms. The number of hydrogen-bond donors (Lipinski definition) is 1. The second-order valence-corrected chi connectivity index (χ2v) is 5.02. The zero-order valence-electron chi connectivity index (χ0n) is 11.6. The van der Waals surface area contributed by atoms with E-state index in [1.165, 1.54) is 0 Å². The highest BCUT2D eigenvalue weighted by Crippen LogP contribution is 2.31. The van der Waals surface area contributed by atoms with E-state index >= 15 is 0 Å². The van der Waals surface area contributed by atoms with Crippen molar-refractivity contribution in [3.05, 3.63) is 29.7 Å². The van der Waals surface area contributed by atoms with Gasteiger partial charge in [0, 0.05) is 12.6 Å². The van der Waals surface area contributed by atoms with Crippen LogP contribution in [0, 0.1) is 12.3 Å². The van der Waals surface area contributed by atoms with Gasteiger partial charge in [-0.2, -0.15) is 0 Å². The third-order valence-corrected chi connectivity index (χ3v) is 3.94. The number of carboxylic acid groups (broad SMARTS) is 1. The SMILES string of the molecule is CCC(CC)(Cc1nnc2cc(C)ccn12)C(=O)O. The maximum absolute atomic E-state index is 11.5. The van der Waals surface area contributed by atoms with Crippen LogP contribution < -0.4 is 0 Å². The van der Waals surface area contributed by atoms with Crippen molar-refractivity contribution in [2.45, 2.75) is 40.0 Å². The standard InChI is InChI=1S/C14H19N3O2/c1-4-14(5-2,13(18)19)9-12-16-15-11-8-10(3)6-7-17(11)12/h6-8H,4-5,9H2,1-3H3,(H,18,19). The zero-order chi connectivity index (χ0) is 14.0. The Kier molecular flexibility index (Phi) is 3.55. The summed E-state index contributed by atoms with van der Waals surface area (Å²) in [5.74, 6) is -0.0533. The van der Waals surface area contributed by atoms with Crippen LogP contribution in [0.25, 0.3) is 5.65 Å². The number of hydrogen-bond acceptors (Lipinski definition) is 3. The highest BCUT2D eigenvalue weighted by Gasteiger charge is 2.36. The first-order chi connectivity index (χ1) is 9.02. The number of pyridine rings is 1. The topological polar surface area (TPSA) is 67.5 Å². The van der Waals surface area contributed by atoms with Gasteiger partial charge in [0.25, 0.3) is 0 Å². The number of aryl methyl sites for hydroxylation is 1. The van der Waals surface area contributed by atoms with Crippen molar-refractivity contribution < 1.29 is 9.90 Å². The van der Waals surface area contributed by atoms with Crippen LogP contribution in [0.4, 0.5) is 0 Å². The van der Waals surface area contributed by atoms with Crippen molar-refractivity contribution in [3.63, 3.8) is 0 Å². The van der Waals surface area contributed by atoms with Gasteiger partial charge in [-0.05, 0) is 37.5 Å². The predicted octanol–water partition coefficient (Wildman–Crippen LogP) is 2.47. The van der Waals surface area contributed by atoms with Gasteiger partial charge in [0.15, 0.2) is 5.65 Å². The number of fused-ring (bicyclic) bond motifs is 1. The van der Waals surface area contributed by atoms with Crippen LogP contribution in [0.1, 0.15) is 38.1 Å². The van der Waals surface area contributed by atoms with Crippen molar-refractivity contribution in [2.24, 2.45) is 5.41 Å². The lowest BCUT2D eigenvalue weighted by Gasteiger charge is -2.25. The Morgan fingerprint density at radius 3 is 2.63 bits per heavy atom. The molecule has 0 bridgehead atoms. The van der Waals surface area contributed by atoms with Gasteiger partial charge in [0.1, 0.15) is 5.82 Å². The third kappa shape index (κ3) is 2.32. The van der Waals surface area contributed by atoms with Crippen molar-refractivity contribution in [3.8, 4) is 0 Å². The summed E-state index contributed by atoms with van der Waals surface area (Å²) < 4.78 is 1.87. The van der Waals surface area contributed by atoms with Crippen LogP contribution in [0.15, 0.2) is 18.3 Å². The van der Waals surface area contributed by atoms with Crippen LogP contribution in [0.5, 0.6) is 0 Å². The van der Waals surface area contributed by atoms with Gasteiger partial charge >= 0.3 is 5.97 Å². The van der Waals surface area contributed by atoms with E-state index < -0.39 is 11.4 Å². The molecule has 0 saturated heterocycles. The Hall–Kier alpha value is -1.91. The Balaban J connectivity index is 2.42. The normalized spacial score (nSPS) is 11.9. The molecule has 5 heteroatoms. The molecule has 2 heterocycles. The molecule has 0 unspecified atom stereocenters. The van der Waals surface area contributed by atoms with E-state index in [-0.39, 0.29) is 0 Å². The number of nitrogens with zero attached hydrogens (tertiary/aromatic N) is 3. The number of aliphatic carboxylic acids is 1. The fourth-order valence-corrected chi connectivity index (χ4v) is 2.34. The quantitative estimate of drug-likeness (QED) is 0.897. The minimum atomic E-state index is -0.763. The highest BCUT2D eigenvalue weighted by atomic mass is 16.4. The zero-order valence-corrected chi connectivity index (χ0v) is 11.6. The predicted molar refractivity (Wildman–Crippen MR) is 72.1 cm³/mol. The van der Waals surface area contributed by atoms with Crippen molar-refractivity contribution in [2.75, 3.05) is 0 Å². The van der Waals surface area contributed by atoms with E-state index in [2.05, 4.69) is 10.2 Å². The molecule has 102 valence electrons. The van der Waals surface area contributed by atoms with Crippen LogP contribution >= 0.6 is 0 Å². The molecule has 0 aliphatic heterocycles. The summed E-state index contributed by atoms with van der Waals surface area (Å²) in [6.07, 6.45) is 3.47. The molecular formula is C14H19N3O2. The van der Waals surface area contributed by atoms with Gasteiger partial charge < -0.3 is 5.11 Å². The summed E-state index contributed by atoms with van der Waals surface area (Å²) in [5.41, 5.74) is 1.12. The molecule has 1 N–H and O–H groups in total. The Bertz CT molecular complexity index is 600. The van der Waals surface area contributed by atoms with Gasteiger partial charge in [-0.25, -0.2) is 0 Å². The average molecular weight is 261 g/mol. The van der Waals surface area contributed by atoms with Gasteiger partial charge in [-0.3, -0.25) is 9.20 Å². The number of rotatable bonds is 5. The molecule has 19 heavy (non-hydrogen) atoms. The summed E-state index contributed by atoms with van der Waals surface area (Å²) in [6, 6.07) is 3.91. The molecule has 0 atom stereocenters. The number of carbonyl (C=O) groups is 1. The Morgan fingerprint density at radius 2 is 2.05 bits per heavy atom. The lowest BCUT2D eigenvalue weighted by atomic mass is 9.79. The highest BCUT2D eigenvalue weighted by molar-refractivity contribution is 5.74. The Morgan fingerprint density at radius 1 is 1.37 bits per heavy atom. The van der Waals surface area contributed by atoms with E-state index in [0.717, 1.165) is 11.2 Å². The third-order valence-electron chi connectivity index (χ3n) is 3.94. The molecule has 0 aliphatic rings. The van der Waals surface area contributed by atoms with Gasteiger partial charge in [-0.15, -0.1) is 10.2 Å². The second kappa shape index (κ2) is 4.99. The molecule has 0 saturated carbocycles. The smallest absolute Gasteiger partial charge is 0.310 e. The van der Waals surface area contributed by atoms with Crippen LogP contribution in [0.3, 0.4) is 0 Å². The molecule has 0 aliphatic carbocycles. The molecule has 0 aromatic carbocycles. The van der Waals surface area contributed by atoms with Crippen molar-refractivity contribution >= 4 is 11.6 Å². The molecule has 0 amide bonds.